The van der Waals surface area contributed by atoms with E-state index in [1.54, 1.807) is 6.33 Å². The molecule has 0 spiro atoms. The van der Waals surface area contributed by atoms with Crippen molar-refractivity contribution in [1.82, 2.24) is 14.9 Å². The Balaban J connectivity index is 2.47. The van der Waals surface area contributed by atoms with Gasteiger partial charge in [-0.2, -0.15) is 0 Å². The minimum Gasteiger partial charge on any atom is -0.378 e. The number of nitrogens with zero attached hydrogens (tertiary/aromatic N) is 3. The van der Waals surface area contributed by atoms with Crippen molar-refractivity contribution in [2.75, 3.05) is 58.1 Å². The Hall–Kier alpha value is -1.40. The number of ether oxygens (including phenoxy) is 1. The van der Waals surface area contributed by atoms with Gasteiger partial charge in [0.15, 0.2) is 0 Å². The van der Waals surface area contributed by atoms with Gasteiger partial charge >= 0.3 is 0 Å². The number of likely N-dealkylation sites (N-methyl/N-ethyl adjacent to an activating group) is 1. The normalized spacial score (nSPS) is 11.2. The molecule has 20 heavy (non-hydrogen) atoms. The van der Waals surface area contributed by atoms with Gasteiger partial charge in [0, 0.05) is 25.7 Å². The maximum Gasteiger partial charge on any atom is 0.135 e. The summed E-state index contributed by atoms with van der Waals surface area (Å²) < 4.78 is 5.56. The summed E-state index contributed by atoms with van der Waals surface area (Å²) in [5, 5.41) is 6.44. The van der Waals surface area contributed by atoms with Crippen molar-refractivity contribution in [3.63, 3.8) is 0 Å². The van der Waals surface area contributed by atoms with Crippen molar-refractivity contribution in [3.05, 3.63) is 11.9 Å². The molecule has 1 rings (SSSR count). The van der Waals surface area contributed by atoms with Crippen molar-refractivity contribution in [1.29, 1.82) is 0 Å². The van der Waals surface area contributed by atoms with Crippen molar-refractivity contribution < 1.29 is 4.74 Å². The number of hydrogen-bond acceptors (Lipinski definition) is 6. The van der Waals surface area contributed by atoms with E-state index in [-0.39, 0.29) is 0 Å². The van der Waals surface area contributed by atoms with Crippen molar-refractivity contribution >= 4 is 11.6 Å². The molecule has 0 radical (unpaired) electrons. The lowest BCUT2D eigenvalue weighted by Crippen LogP contribution is -2.20. The molecule has 0 aliphatic heterocycles. The monoisotopic (exact) mass is 281 g/mol. The fraction of sp³-hybridized carbons (Fsp3) is 0.714. The first-order valence-corrected chi connectivity index (χ1v) is 7.05. The van der Waals surface area contributed by atoms with Crippen LogP contribution in [0.3, 0.4) is 0 Å². The van der Waals surface area contributed by atoms with Gasteiger partial charge < -0.3 is 20.3 Å². The van der Waals surface area contributed by atoms with Gasteiger partial charge in [0.05, 0.1) is 13.2 Å². The molecular weight excluding hydrogens is 254 g/mol. The molecule has 0 fully saturated rings. The van der Waals surface area contributed by atoms with Crippen LogP contribution in [0, 0.1) is 0 Å². The van der Waals surface area contributed by atoms with Crippen LogP contribution < -0.4 is 10.6 Å². The molecule has 2 N–H and O–H groups in total. The fourth-order valence-electron chi connectivity index (χ4n) is 1.87. The molecule has 114 valence electrons. The topological polar surface area (TPSA) is 62.3 Å². The van der Waals surface area contributed by atoms with Crippen LogP contribution >= 0.6 is 0 Å². The fourth-order valence-corrected chi connectivity index (χ4v) is 1.87. The summed E-state index contributed by atoms with van der Waals surface area (Å²) in [4.78, 5) is 10.7. The van der Waals surface area contributed by atoms with E-state index in [2.05, 4.69) is 39.3 Å². The zero-order valence-corrected chi connectivity index (χ0v) is 13.2. The average molecular weight is 281 g/mol. The summed E-state index contributed by atoms with van der Waals surface area (Å²) in [6.07, 6.45) is 1.58. The summed E-state index contributed by atoms with van der Waals surface area (Å²) in [6.45, 7) is 7.38. The van der Waals surface area contributed by atoms with Crippen LogP contribution in [-0.4, -0.2) is 62.3 Å². The molecule has 0 aliphatic rings. The highest BCUT2D eigenvalue weighted by atomic mass is 16.5. The molecule has 6 nitrogen and oxygen atoms in total. The van der Waals surface area contributed by atoms with E-state index in [4.69, 9.17) is 4.74 Å². The van der Waals surface area contributed by atoms with E-state index in [9.17, 15) is 0 Å². The van der Waals surface area contributed by atoms with E-state index < -0.39 is 0 Å². The number of aromatic nitrogens is 2. The number of nitrogens with one attached hydrogen (secondary N) is 2. The van der Waals surface area contributed by atoms with Crippen LogP contribution in [0.1, 0.15) is 25.3 Å². The van der Waals surface area contributed by atoms with Gasteiger partial charge in [0.1, 0.15) is 18.0 Å². The molecule has 1 heterocycles. The van der Waals surface area contributed by atoms with Crippen LogP contribution in [-0.2, 0) is 4.74 Å². The van der Waals surface area contributed by atoms with Gasteiger partial charge in [-0.15, -0.1) is 0 Å². The molecule has 0 aliphatic carbocycles. The maximum absolute atomic E-state index is 5.56. The van der Waals surface area contributed by atoms with E-state index in [0.29, 0.717) is 12.5 Å². The molecule has 0 aromatic carbocycles. The second kappa shape index (κ2) is 8.71. The van der Waals surface area contributed by atoms with E-state index >= 15 is 0 Å². The third-order valence-electron chi connectivity index (χ3n) is 2.92. The summed E-state index contributed by atoms with van der Waals surface area (Å²) in [5.41, 5.74) is 1.11. The van der Waals surface area contributed by atoms with Gasteiger partial charge in [-0.05, 0) is 20.0 Å². The molecule has 0 bridgehead atoms. The second-order valence-corrected chi connectivity index (χ2v) is 5.23. The highest BCUT2D eigenvalue weighted by molar-refractivity contribution is 5.58. The maximum atomic E-state index is 5.56. The molecule has 6 heteroatoms. The predicted molar refractivity (Wildman–Crippen MR) is 83.5 cm³/mol. The molecule has 0 unspecified atom stereocenters. The zero-order chi connectivity index (χ0) is 15.0. The largest absolute Gasteiger partial charge is 0.378 e. The van der Waals surface area contributed by atoms with Crippen LogP contribution in [0.2, 0.25) is 0 Å². The van der Waals surface area contributed by atoms with E-state index in [0.717, 1.165) is 36.9 Å². The zero-order valence-electron chi connectivity index (χ0n) is 13.2. The van der Waals surface area contributed by atoms with Gasteiger partial charge in [0.25, 0.3) is 0 Å². The van der Waals surface area contributed by atoms with Gasteiger partial charge in [-0.25, -0.2) is 9.97 Å². The Morgan fingerprint density at radius 1 is 1.20 bits per heavy atom. The Morgan fingerprint density at radius 2 is 1.90 bits per heavy atom. The SMILES string of the molecule is CNc1ncnc(NCCOCCN(C)C)c1C(C)C. The van der Waals surface area contributed by atoms with E-state index in [1.165, 1.54) is 0 Å². The van der Waals surface area contributed by atoms with Crippen LogP contribution in [0.4, 0.5) is 11.6 Å². The molecule has 0 atom stereocenters. The average Bonchev–Trinajstić information content (AvgIpc) is 2.41. The van der Waals surface area contributed by atoms with Gasteiger partial charge in [-0.1, -0.05) is 13.8 Å². The summed E-state index contributed by atoms with van der Waals surface area (Å²) in [7, 11) is 5.95. The van der Waals surface area contributed by atoms with Crippen molar-refractivity contribution in [2.45, 2.75) is 19.8 Å². The summed E-state index contributed by atoms with van der Waals surface area (Å²) in [6, 6.07) is 0. The molecule has 1 aromatic rings. The Morgan fingerprint density at radius 3 is 2.50 bits per heavy atom. The second-order valence-electron chi connectivity index (χ2n) is 5.23. The third kappa shape index (κ3) is 5.30. The summed E-state index contributed by atoms with van der Waals surface area (Å²) in [5.74, 6) is 2.12. The quantitative estimate of drug-likeness (QED) is 0.671. The highest BCUT2D eigenvalue weighted by Gasteiger charge is 2.13. The van der Waals surface area contributed by atoms with Crippen LogP contribution in [0.5, 0.6) is 0 Å². The summed E-state index contributed by atoms with van der Waals surface area (Å²) >= 11 is 0. The van der Waals surface area contributed by atoms with Gasteiger partial charge in [0.2, 0.25) is 0 Å². The lowest BCUT2D eigenvalue weighted by Gasteiger charge is -2.16. The molecule has 0 amide bonds. The molecule has 1 aromatic heterocycles. The third-order valence-corrected chi connectivity index (χ3v) is 2.92. The smallest absolute Gasteiger partial charge is 0.135 e. The number of rotatable bonds is 9. The van der Waals surface area contributed by atoms with Crippen molar-refractivity contribution in [3.8, 4) is 0 Å². The first kappa shape index (κ1) is 16.7. The van der Waals surface area contributed by atoms with Crippen LogP contribution in [0.15, 0.2) is 6.33 Å². The lowest BCUT2D eigenvalue weighted by atomic mass is 10.0. The van der Waals surface area contributed by atoms with Crippen molar-refractivity contribution in [2.24, 2.45) is 0 Å². The Bertz CT molecular complexity index is 395. The Labute approximate surface area is 121 Å². The molecule has 0 saturated carbocycles. The van der Waals surface area contributed by atoms with Crippen LogP contribution in [0.25, 0.3) is 0 Å². The van der Waals surface area contributed by atoms with Gasteiger partial charge in [-0.3, -0.25) is 0 Å². The predicted octanol–water partition coefficient (Wildman–Crippen LogP) is 1.63. The standard InChI is InChI=1S/C14H27N5O/c1-11(2)12-13(15-3)17-10-18-14(12)16-6-8-20-9-7-19(4)5/h10-11H,6-9H2,1-5H3,(H2,15,16,17,18). The number of anilines is 2. The number of hydrogen-bond donors (Lipinski definition) is 2. The van der Waals surface area contributed by atoms with E-state index in [1.807, 2.05) is 21.1 Å². The highest BCUT2D eigenvalue weighted by Crippen LogP contribution is 2.27. The molecule has 0 saturated heterocycles. The molecular formula is C14H27N5O. The minimum atomic E-state index is 0.357. The minimum absolute atomic E-state index is 0.357. The Kier molecular flexibility index (Phi) is 7.25. The first-order valence-electron chi connectivity index (χ1n) is 7.05. The lowest BCUT2D eigenvalue weighted by molar-refractivity contribution is 0.126. The first-order chi connectivity index (χ1) is 9.56.